The number of methoxy groups -OCH3 is 1. The number of nitrogens with zero attached hydrogens (tertiary/aromatic N) is 2. The first-order valence-electron chi connectivity index (χ1n) is 6.25. The molecular formula is C15H15N3OS. The Labute approximate surface area is 121 Å². The number of anilines is 1. The lowest BCUT2D eigenvalue weighted by molar-refractivity contribution is 0.408. The quantitative estimate of drug-likeness (QED) is 0.800. The summed E-state index contributed by atoms with van der Waals surface area (Å²) in [5.41, 5.74) is 9.08. The van der Waals surface area contributed by atoms with Gasteiger partial charge in [-0.15, -0.1) is 0 Å². The fourth-order valence-electron chi connectivity index (χ4n) is 2.12. The first kappa shape index (κ1) is 12.7. The van der Waals surface area contributed by atoms with Crippen LogP contribution in [0.25, 0.3) is 11.3 Å². The number of benzene rings is 1. The van der Waals surface area contributed by atoms with Crippen LogP contribution in [0.15, 0.2) is 47.3 Å². The molecule has 2 aromatic heterocycles. The van der Waals surface area contributed by atoms with Crippen molar-refractivity contribution in [2.24, 2.45) is 0 Å². The molecule has 0 aliphatic carbocycles. The highest BCUT2D eigenvalue weighted by atomic mass is 32.1. The highest BCUT2D eigenvalue weighted by molar-refractivity contribution is 7.08. The van der Waals surface area contributed by atoms with Crippen molar-refractivity contribution < 1.29 is 4.74 Å². The molecule has 2 N–H and O–H groups in total. The molecule has 20 heavy (non-hydrogen) atoms. The Kier molecular flexibility index (Phi) is 3.43. The van der Waals surface area contributed by atoms with Crippen LogP contribution in [-0.2, 0) is 6.54 Å². The number of para-hydroxylation sites is 1. The molecule has 0 unspecified atom stereocenters. The van der Waals surface area contributed by atoms with Crippen LogP contribution < -0.4 is 10.5 Å². The Hall–Kier alpha value is -2.27. The number of hydrogen-bond donors (Lipinski definition) is 1. The predicted molar refractivity (Wildman–Crippen MR) is 82.0 cm³/mol. The summed E-state index contributed by atoms with van der Waals surface area (Å²) in [5.74, 6) is 1.37. The van der Waals surface area contributed by atoms with E-state index >= 15 is 0 Å². The Morgan fingerprint density at radius 2 is 2.15 bits per heavy atom. The lowest BCUT2D eigenvalue weighted by Gasteiger charge is -2.09. The van der Waals surface area contributed by atoms with Crippen molar-refractivity contribution in [1.29, 1.82) is 0 Å². The maximum Gasteiger partial charge on any atom is 0.201 e. The summed E-state index contributed by atoms with van der Waals surface area (Å²) in [5, 5.41) is 4.10. The third-order valence-corrected chi connectivity index (χ3v) is 3.84. The molecule has 0 aliphatic heterocycles. The SMILES string of the molecule is COc1ccccc1Cn1cc(-c2ccsc2)nc1N. The summed E-state index contributed by atoms with van der Waals surface area (Å²) in [6.07, 6.45) is 1.98. The number of ether oxygens (including phenoxy) is 1. The predicted octanol–water partition coefficient (Wildman–Crippen LogP) is 3.25. The molecule has 102 valence electrons. The minimum atomic E-state index is 0.511. The molecule has 2 heterocycles. The zero-order valence-corrected chi connectivity index (χ0v) is 11.9. The topological polar surface area (TPSA) is 53.1 Å². The van der Waals surface area contributed by atoms with E-state index in [1.54, 1.807) is 18.4 Å². The van der Waals surface area contributed by atoms with E-state index in [4.69, 9.17) is 10.5 Å². The Morgan fingerprint density at radius 3 is 2.90 bits per heavy atom. The molecule has 0 saturated heterocycles. The molecule has 0 amide bonds. The van der Waals surface area contributed by atoms with Crippen LogP contribution in [-0.4, -0.2) is 16.7 Å². The van der Waals surface area contributed by atoms with E-state index in [0.717, 1.165) is 22.6 Å². The summed E-state index contributed by atoms with van der Waals surface area (Å²) >= 11 is 1.65. The minimum Gasteiger partial charge on any atom is -0.496 e. The summed E-state index contributed by atoms with van der Waals surface area (Å²) < 4.78 is 7.30. The minimum absolute atomic E-state index is 0.511. The van der Waals surface area contributed by atoms with Crippen LogP contribution in [0.1, 0.15) is 5.56 Å². The highest BCUT2D eigenvalue weighted by Gasteiger charge is 2.09. The highest BCUT2D eigenvalue weighted by Crippen LogP contribution is 2.24. The van der Waals surface area contributed by atoms with Crippen molar-refractivity contribution in [2.75, 3.05) is 12.8 Å². The number of aromatic nitrogens is 2. The molecule has 0 fully saturated rings. The molecule has 3 rings (SSSR count). The molecule has 0 bridgehead atoms. The van der Waals surface area contributed by atoms with Crippen LogP contribution >= 0.6 is 11.3 Å². The molecule has 0 radical (unpaired) electrons. The molecule has 3 aromatic rings. The van der Waals surface area contributed by atoms with Gasteiger partial charge in [-0.05, 0) is 17.5 Å². The van der Waals surface area contributed by atoms with Gasteiger partial charge in [0.15, 0.2) is 0 Å². The van der Waals surface area contributed by atoms with Crippen LogP contribution in [0.2, 0.25) is 0 Å². The molecule has 4 nitrogen and oxygen atoms in total. The van der Waals surface area contributed by atoms with E-state index in [0.29, 0.717) is 12.5 Å². The third kappa shape index (κ3) is 2.40. The number of imidazole rings is 1. The molecule has 5 heteroatoms. The molecule has 0 spiro atoms. The molecule has 0 atom stereocenters. The maximum absolute atomic E-state index is 6.00. The summed E-state index contributed by atoms with van der Waals surface area (Å²) in [7, 11) is 1.67. The van der Waals surface area contributed by atoms with Crippen LogP contribution in [0.5, 0.6) is 5.75 Å². The smallest absolute Gasteiger partial charge is 0.201 e. The van der Waals surface area contributed by atoms with Crippen molar-refractivity contribution in [3.05, 3.63) is 52.9 Å². The molecule has 0 aliphatic rings. The van der Waals surface area contributed by atoms with Crippen LogP contribution in [0.4, 0.5) is 5.95 Å². The summed E-state index contributed by atoms with van der Waals surface area (Å²) in [4.78, 5) is 4.41. The van der Waals surface area contributed by atoms with Crippen molar-refractivity contribution in [1.82, 2.24) is 9.55 Å². The summed E-state index contributed by atoms with van der Waals surface area (Å²) in [6.45, 7) is 0.646. The average molecular weight is 285 g/mol. The molecular weight excluding hydrogens is 270 g/mol. The number of rotatable bonds is 4. The van der Waals surface area contributed by atoms with E-state index in [2.05, 4.69) is 10.4 Å². The van der Waals surface area contributed by atoms with E-state index in [-0.39, 0.29) is 0 Å². The maximum atomic E-state index is 6.00. The summed E-state index contributed by atoms with van der Waals surface area (Å²) in [6, 6.07) is 9.96. The average Bonchev–Trinajstić information content (AvgIpc) is 3.10. The number of nitrogens with two attached hydrogens (primary N) is 1. The first-order chi connectivity index (χ1) is 9.78. The lowest BCUT2D eigenvalue weighted by atomic mass is 10.2. The Balaban J connectivity index is 1.92. The van der Waals surface area contributed by atoms with Gasteiger partial charge in [0.25, 0.3) is 0 Å². The van der Waals surface area contributed by atoms with E-state index < -0.39 is 0 Å². The second kappa shape index (κ2) is 5.38. The molecule has 1 aromatic carbocycles. The monoisotopic (exact) mass is 285 g/mol. The van der Waals surface area contributed by atoms with Crippen molar-refractivity contribution >= 4 is 17.3 Å². The number of nitrogen functional groups attached to an aromatic ring is 1. The van der Waals surface area contributed by atoms with Gasteiger partial charge in [-0.2, -0.15) is 11.3 Å². The zero-order valence-electron chi connectivity index (χ0n) is 11.1. The second-order valence-corrected chi connectivity index (χ2v) is 5.22. The van der Waals surface area contributed by atoms with Gasteiger partial charge in [-0.25, -0.2) is 4.98 Å². The largest absolute Gasteiger partial charge is 0.496 e. The second-order valence-electron chi connectivity index (χ2n) is 4.44. The fraction of sp³-hybridized carbons (Fsp3) is 0.133. The molecule has 0 saturated carbocycles. The van der Waals surface area contributed by atoms with Crippen molar-refractivity contribution in [3.8, 4) is 17.0 Å². The Morgan fingerprint density at radius 1 is 1.30 bits per heavy atom. The Bertz CT molecular complexity index is 704. The normalized spacial score (nSPS) is 10.7. The van der Waals surface area contributed by atoms with Gasteiger partial charge in [-0.1, -0.05) is 18.2 Å². The first-order valence-corrected chi connectivity index (χ1v) is 7.19. The van der Waals surface area contributed by atoms with Crippen LogP contribution in [0.3, 0.4) is 0 Å². The lowest BCUT2D eigenvalue weighted by Crippen LogP contribution is -2.04. The van der Waals surface area contributed by atoms with Crippen molar-refractivity contribution in [2.45, 2.75) is 6.54 Å². The zero-order chi connectivity index (χ0) is 13.9. The van der Waals surface area contributed by atoms with Gasteiger partial charge in [-0.3, -0.25) is 0 Å². The fourth-order valence-corrected chi connectivity index (χ4v) is 2.77. The van der Waals surface area contributed by atoms with Crippen molar-refractivity contribution in [3.63, 3.8) is 0 Å². The van der Waals surface area contributed by atoms with E-state index in [9.17, 15) is 0 Å². The number of thiophene rings is 1. The van der Waals surface area contributed by atoms with Gasteiger partial charge < -0.3 is 15.0 Å². The standard InChI is InChI=1S/C15H15N3OS/c1-19-14-5-3-2-4-11(14)8-18-9-13(17-15(18)16)12-6-7-20-10-12/h2-7,9-10H,8H2,1H3,(H2,16,17). The van der Waals surface area contributed by atoms with Gasteiger partial charge in [0.2, 0.25) is 5.95 Å². The third-order valence-electron chi connectivity index (χ3n) is 3.16. The van der Waals surface area contributed by atoms with Gasteiger partial charge >= 0.3 is 0 Å². The van der Waals surface area contributed by atoms with E-state index in [1.165, 1.54) is 0 Å². The van der Waals surface area contributed by atoms with Gasteiger partial charge in [0.05, 0.1) is 19.3 Å². The van der Waals surface area contributed by atoms with Gasteiger partial charge in [0.1, 0.15) is 5.75 Å². The number of hydrogen-bond acceptors (Lipinski definition) is 4. The van der Waals surface area contributed by atoms with Gasteiger partial charge in [0, 0.05) is 22.7 Å². The van der Waals surface area contributed by atoms with E-state index in [1.807, 2.05) is 46.5 Å². The van der Waals surface area contributed by atoms with Crippen LogP contribution in [0, 0.1) is 0 Å².